The summed E-state index contributed by atoms with van der Waals surface area (Å²) in [6.45, 7) is 7.33. The van der Waals surface area contributed by atoms with Crippen LogP contribution in [-0.4, -0.2) is 5.97 Å². The highest BCUT2D eigenvalue weighted by atomic mass is 16.5. The molecule has 0 aliphatic carbocycles. The molecule has 2 rings (SSSR count). The lowest BCUT2D eigenvalue weighted by atomic mass is 10.1. The Labute approximate surface area is 131 Å². The number of ether oxygens (including phenoxy) is 1. The molecular formula is C20H20O2. The van der Waals surface area contributed by atoms with E-state index in [1.165, 1.54) is 5.56 Å². The van der Waals surface area contributed by atoms with E-state index in [4.69, 9.17) is 4.74 Å². The maximum atomic E-state index is 11.8. The number of carbonyl (C=O) groups is 1. The quantitative estimate of drug-likeness (QED) is 0.580. The third-order valence-electron chi connectivity index (χ3n) is 3.25. The van der Waals surface area contributed by atoms with Crippen LogP contribution in [0.15, 0.2) is 72.8 Å². The minimum atomic E-state index is -0.424. The Morgan fingerprint density at radius 2 is 1.73 bits per heavy atom. The molecule has 0 aromatic heterocycles. The average molecular weight is 292 g/mol. The first-order valence-electron chi connectivity index (χ1n) is 7.22. The predicted molar refractivity (Wildman–Crippen MR) is 90.3 cm³/mol. The summed E-state index contributed by atoms with van der Waals surface area (Å²) in [5.41, 5.74) is 3.61. The number of carbonyl (C=O) groups excluding carboxylic acids is 1. The van der Waals surface area contributed by atoms with Gasteiger partial charge in [-0.25, -0.2) is 4.79 Å². The molecule has 0 fully saturated rings. The summed E-state index contributed by atoms with van der Waals surface area (Å²) in [6.07, 6.45) is 3.43. The molecule has 22 heavy (non-hydrogen) atoms. The van der Waals surface area contributed by atoms with Crippen molar-refractivity contribution in [3.8, 4) is 0 Å². The van der Waals surface area contributed by atoms with Gasteiger partial charge in [-0.3, -0.25) is 0 Å². The molecule has 0 aliphatic rings. The second kappa shape index (κ2) is 7.41. The highest BCUT2D eigenvalue weighted by Crippen LogP contribution is 2.21. The van der Waals surface area contributed by atoms with Crippen LogP contribution in [0.25, 0.3) is 6.08 Å². The SMILES string of the molecule is C=C(C)C(=O)OC(/C=C/c1ccc(C)cc1)c1ccccc1. The van der Waals surface area contributed by atoms with Gasteiger partial charge in [-0.05, 0) is 31.1 Å². The molecule has 0 saturated heterocycles. The summed E-state index contributed by atoms with van der Waals surface area (Å²) < 4.78 is 5.52. The first kappa shape index (κ1) is 15.8. The monoisotopic (exact) mass is 292 g/mol. The minimum absolute atomic E-state index is 0.387. The zero-order valence-corrected chi connectivity index (χ0v) is 13.0. The second-order valence-corrected chi connectivity index (χ2v) is 5.29. The molecule has 2 aromatic carbocycles. The topological polar surface area (TPSA) is 26.3 Å². The smallest absolute Gasteiger partial charge is 0.334 e. The van der Waals surface area contributed by atoms with Gasteiger partial charge in [0.25, 0.3) is 0 Å². The molecule has 0 amide bonds. The first-order chi connectivity index (χ1) is 10.6. The van der Waals surface area contributed by atoms with Crippen molar-refractivity contribution in [3.63, 3.8) is 0 Å². The van der Waals surface area contributed by atoms with Crippen molar-refractivity contribution >= 4 is 12.0 Å². The summed E-state index contributed by atoms with van der Waals surface area (Å²) in [7, 11) is 0. The molecule has 1 unspecified atom stereocenters. The van der Waals surface area contributed by atoms with E-state index in [1.807, 2.05) is 54.6 Å². The van der Waals surface area contributed by atoms with Gasteiger partial charge in [-0.15, -0.1) is 0 Å². The summed E-state index contributed by atoms with van der Waals surface area (Å²) in [6, 6.07) is 17.8. The molecule has 0 saturated carbocycles. The van der Waals surface area contributed by atoms with E-state index in [0.29, 0.717) is 5.57 Å². The number of aryl methyl sites for hydroxylation is 1. The van der Waals surface area contributed by atoms with E-state index in [1.54, 1.807) is 6.92 Å². The standard InChI is InChI=1S/C20H20O2/c1-15(2)20(21)22-19(18-7-5-4-6-8-18)14-13-17-11-9-16(3)10-12-17/h4-14,19H,1H2,2-3H3/b14-13+. The van der Waals surface area contributed by atoms with E-state index in [0.717, 1.165) is 11.1 Å². The van der Waals surface area contributed by atoms with Crippen molar-refractivity contribution in [3.05, 3.63) is 89.5 Å². The maximum Gasteiger partial charge on any atom is 0.334 e. The number of rotatable bonds is 5. The summed E-state index contributed by atoms with van der Waals surface area (Å²) in [5.74, 6) is -0.387. The van der Waals surface area contributed by atoms with Gasteiger partial charge in [0.2, 0.25) is 0 Å². The molecule has 0 bridgehead atoms. The van der Waals surface area contributed by atoms with Crippen molar-refractivity contribution < 1.29 is 9.53 Å². The van der Waals surface area contributed by atoms with Gasteiger partial charge in [-0.2, -0.15) is 0 Å². The first-order valence-corrected chi connectivity index (χ1v) is 7.22. The Hall–Kier alpha value is -2.61. The number of benzene rings is 2. The van der Waals surface area contributed by atoms with Crippen LogP contribution >= 0.6 is 0 Å². The van der Waals surface area contributed by atoms with Crippen LogP contribution in [0.4, 0.5) is 0 Å². The van der Waals surface area contributed by atoms with Crippen molar-refractivity contribution in [2.75, 3.05) is 0 Å². The van der Waals surface area contributed by atoms with E-state index in [9.17, 15) is 4.79 Å². The number of esters is 1. The molecule has 2 aromatic rings. The molecule has 0 heterocycles. The lowest BCUT2D eigenvalue weighted by molar-refractivity contribution is -0.142. The van der Waals surface area contributed by atoms with Crippen LogP contribution in [-0.2, 0) is 9.53 Å². The molecule has 2 heteroatoms. The highest BCUT2D eigenvalue weighted by molar-refractivity contribution is 5.87. The lowest BCUT2D eigenvalue weighted by Crippen LogP contribution is -2.10. The summed E-state index contributed by atoms with van der Waals surface area (Å²) in [5, 5.41) is 0. The molecule has 112 valence electrons. The van der Waals surface area contributed by atoms with Gasteiger partial charge < -0.3 is 4.74 Å². The number of hydrogen-bond acceptors (Lipinski definition) is 2. The molecule has 0 spiro atoms. The maximum absolute atomic E-state index is 11.8. The average Bonchev–Trinajstić information content (AvgIpc) is 2.53. The molecule has 1 atom stereocenters. The zero-order chi connectivity index (χ0) is 15.9. The van der Waals surface area contributed by atoms with Crippen LogP contribution in [0, 0.1) is 6.92 Å². The Kier molecular flexibility index (Phi) is 5.31. The van der Waals surface area contributed by atoms with Crippen LogP contribution < -0.4 is 0 Å². The van der Waals surface area contributed by atoms with E-state index in [2.05, 4.69) is 25.6 Å². The van der Waals surface area contributed by atoms with Gasteiger partial charge >= 0.3 is 5.97 Å². The fraction of sp³-hybridized carbons (Fsp3) is 0.150. The fourth-order valence-corrected chi connectivity index (χ4v) is 1.95. The van der Waals surface area contributed by atoms with Crippen molar-refractivity contribution in [2.45, 2.75) is 20.0 Å². The Morgan fingerprint density at radius 3 is 2.32 bits per heavy atom. The summed E-state index contributed by atoms with van der Waals surface area (Å²) in [4.78, 5) is 11.8. The van der Waals surface area contributed by atoms with Gasteiger partial charge in [0.05, 0.1) is 0 Å². The Balaban J connectivity index is 2.22. The van der Waals surface area contributed by atoms with Gasteiger partial charge in [0, 0.05) is 5.57 Å². The third kappa shape index (κ3) is 4.45. The van der Waals surface area contributed by atoms with E-state index < -0.39 is 6.10 Å². The second-order valence-electron chi connectivity index (χ2n) is 5.29. The molecule has 0 radical (unpaired) electrons. The van der Waals surface area contributed by atoms with Crippen LogP contribution in [0.1, 0.15) is 29.7 Å². The van der Waals surface area contributed by atoms with Crippen molar-refractivity contribution in [2.24, 2.45) is 0 Å². The normalized spacial score (nSPS) is 12.1. The van der Waals surface area contributed by atoms with Gasteiger partial charge in [0.1, 0.15) is 6.10 Å². The fourth-order valence-electron chi connectivity index (χ4n) is 1.95. The highest BCUT2D eigenvalue weighted by Gasteiger charge is 2.14. The third-order valence-corrected chi connectivity index (χ3v) is 3.25. The molecular weight excluding hydrogens is 272 g/mol. The zero-order valence-electron chi connectivity index (χ0n) is 13.0. The molecule has 0 aliphatic heterocycles. The minimum Gasteiger partial charge on any atom is -0.450 e. The number of hydrogen-bond donors (Lipinski definition) is 0. The van der Waals surface area contributed by atoms with E-state index in [-0.39, 0.29) is 5.97 Å². The molecule has 0 N–H and O–H groups in total. The van der Waals surface area contributed by atoms with Crippen LogP contribution in [0.2, 0.25) is 0 Å². The van der Waals surface area contributed by atoms with Gasteiger partial charge in [0.15, 0.2) is 0 Å². The Bertz CT molecular complexity index is 667. The molecule has 2 nitrogen and oxygen atoms in total. The largest absolute Gasteiger partial charge is 0.450 e. The van der Waals surface area contributed by atoms with Crippen LogP contribution in [0.5, 0.6) is 0 Å². The van der Waals surface area contributed by atoms with Crippen molar-refractivity contribution in [1.82, 2.24) is 0 Å². The summed E-state index contributed by atoms with van der Waals surface area (Å²) >= 11 is 0. The van der Waals surface area contributed by atoms with E-state index >= 15 is 0 Å². The predicted octanol–water partition coefficient (Wildman–Crippen LogP) is 4.87. The van der Waals surface area contributed by atoms with Crippen LogP contribution in [0.3, 0.4) is 0 Å². The lowest BCUT2D eigenvalue weighted by Gasteiger charge is -2.15. The Morgan fingerprint density at radius 1 is 1.09 bits per heavy atom. The van der Waals surface area contributed by atoms with Crippen molar-refractivity contribution in [1.29, 1.82) is 0 Å². The van der Waals surface area contributed by atoms with Gasteiger partial charge in [-0.1, -0.05) is 72.8 Å².